The summed E-state index contributed by atoms with van der Waals surface area (Å²) in [6, 6.07) is 0.240. The number of carbonyl (C=O) groups is 1. The smallest absolute Gasteiger partial charge is 0.241 e. The van der Waals surface area contributed by atoms with E-state index in [1.807, 2.05) is 0 Å². The molecule has 1 saturated heterocycles. The van der Waals surface area contributed by atoms with Crippen molar-refractivity contribution in [2.75, 3.05) is 13.7 Å². The van der Waals surface area contributed by atoms with E-state index in [1.165, 1.54) is 25.7 Å². The summed E-state index contributed by atoms with van der Waals surface area (Å²) in [5.41, 5.74) is 0. The van der Waals surface area contributed by atoms with Gasteiger partial charge in [-0.1, -0.05) is 33.1 Å². The summed E-state index contributed by atoms with van der Waals surface area (Å²) >= 11 is 0. The molecule has 1 aliphatic heterocycles. The lowest BCUT2D eigenvalue weighted by atomic mass is 10.0. The first kappa shape index (κ1) is 15.8. The van der Waals surface area contributed by atoms with Gasteiger partial charge in [-0.15, -0.1) is 0 Å². The highest BCUT2D eigenvalue weighted by Crippen LogP contribution is 2.34. The highest BCUT2D eigenvalue weighted by Gasteiger charge is 2.45. The zero-order valence-electron chi connectivity index (χ0n) is 13.2. The highest BCUT2D eigenvalue weighted by atomic mass is 16.5. The number of nitrogens with zero attached hydrogens (tertiary/aromatic N) is 1. The lowest BCUT2D eigenvalue weighted by molar-refractivity contribution is -0.134. The van der Waals surface area contributed by atoms with E-state index in [4.69, 9.17) is 4.74 Å². The molecular weight excluding hydrogens is 252 g/mol. The molecule has 2 fully saturated rings. The number of carbonyl (C=O) groups excluding carboxylic acids is 1. The minimum atomic E-state index is 0.0109. The molecule has 0 aromatic carbocycles. The van der Waals surface area contributed by atoms with Crippen LogP contribution in [-0.4, -0.2) is 42.8 Å². The fourth-order valence-corrected chi connectivity index (χ4v) is 3.84. The molecule has 3 atom stereocenters. The van der Waals surface area contributed by atoms with Crippen LogP contribution in [-0.2, 0) is 9.53 Å². The maximum Gasteiger partial charge on any atom is 0.241 e. The molecule has 4 heteroatoms. The van der Waals surface area contributed by atoms with Crippen molar-refractivity contribution in [1.82, 2.24) is 10.2 Å². The van der Waals surface area contributed by atoms with Crippen LogP contribution in [0.15, 0.2) is 0 Å². The number of ether oxygens (including phenoxy) is 1. The van der Waals surface area contributed by atoms with Crippen LogP contribution in [0, 0.1) is 5.92 Å². The quantitative estimate of drug-likeness (QED) is 0.780. The Balaban J connectivity index is 2.15. The molecule has 2 aliphatic rings. The summed E-state index contributed by atoms with van der Waals surface area (Å²) < 4.78 is 5.38. The number of hydrogen-bond acceptors (Lipinski definition) is 3. The van der Waals surface area contributed by atoms with Gasteiger partial charge in [0, 0.05) is 7.11 Å². The van der Waals surface area contributed by atoms with Gasteiger partial charge in [-0.05, 0) is 31.6 Å². The Kier molecular flexibility index (Phi) is 5.85. The average molecular weight is 282 g/mol. The summed E-state index contributed by atoms with van der Waals surface area (Å²) in [4.78, 5) is 14.8. The summed E-state index contributed by atoms with van der Waals surface area (Å²) in [5, 5.41) is 3.60. The van der Waals surface area contributed by atoms with Crippen molar-refractivity contribution in [3.05, 3.63) is 0 Å². The van der Waals surface area contributed by atoms with E-state index in [0.717, 1.165) is 19.3 Å². The van der Waals surface area contributed by atoms with Gasteiger partial charge in [0.1, 0.15) is 0 Å². The Bertz CT molecular complexity index is 310. The summed E-state index contributed by atoms with van der Waals surface area (Å²) in [6.45, 7) is 4.93. The molecule has 4 nitrogen and oxygen atoms in total. The Morgan fingerprint density at radius 3 is 2.60 bits per heavy atom. The highest BCUT2D eigenvalue weighted by molar-refractivity contribution is 5.84. The monoisotopic (exact) mass is 282 g/mol. The maximum atomic E-state index is 12.7. The first-order valence-corrected chi connectivity index (χ1v) is 8.30. The third-order valence-corrected chi connectivity index (χ3v) is 4.85. The van der Waals surface area contributed by atoms with Crippen LogP contribution >= 0.6 is 0 Å². The van der Waals surface area contributed by atoms with Gasteiger partial charge in [0.05, 0.1) is 24.9 Å². The molecule has 20 heavy (non-hydrogen) atoms. The zero-order valence-corrected chi connectivity index (χ0v) is 13.2. The van der Waals surface area contributed by atoms with Crippen molar-refractivity contribution in [3.63, 3.8) is 0 Å². The molecule has 1 amide bonds. The van der Waals surface area contributed by atoms with Crippen LogP contribution < -0.4 is 5.32 Å². The van der Waals surface area contributed by atoms with Crippen LogP contribution in [0.1, 0.15) is 58.8 Å². The maximum absolute atomic E-state index is 12.7. The lowest BCUT2D eigenvalue weighted by Gasteiger charge is -2.35. The summed E-state index contributed by atoms with van der Waals surface area (Å²) in [6.07, 6.45) is 8.36. The first-order valence-electron chi connectivity index (χ1n) is 8.30. The predicted molar refractivity (Wildman–Crippen MR) is 80.4 cm³/mol. The largest absolute Gasteiger partial charge is 0.383 e. The molecular formula is C16H30N2O2. The zero-order chi connectivity index (χ0) is 14.5. The number of nitrogens with one attached hydrogen (secondary N) is 1. The number of rotatable bonds is 7. The van der Waals surface area contributed by atoms with Crippen LogP contribution in [0.5, 0.6) is 0 Å². The summed E-state index contributed by atoms with van der Waals surface area (Å²) in [5.74, 6) is 0.923. The average Bonchev–Trinajstić information content (AvgIpc) is 3.06. The molecule has 0 aromatic heterocycles. The number of amides is 1. The van der Waals surface area contributed by atoms with E-state index in [9.17, 15) is 4.79 Å². The van der Waals surface area contributed by atoms with Crippen molar-refractivity contribution in [2.24, 2.45) is 5.92 Å². The van der Waals surface area contributed by atoms with Crippen LogP contribution in [0.3, 0.4) is 0 Å². The minimum Gasteiger partial charge on any atom is -0.383 e. The van der Waals surface area contributed by atoms with E-state index < -0.39 is 0 Å². The van der Waals surface area contributed by atoms with Gasteiger partial charge in [0.25, 0.3) is 0 Å². The Morgan fingerprint density at radius 2 is 2.05 bits per heavy atom. The topological polar surface area (TPSA) is 41.6 Å². The van der Waals surface area contributed by atoms with E-state index in [1.54, 1.807) is 7.11 Å². The molecule has 116 valence electrons. The van der Waals surface area contributed by atoms with Gasteiger partial charge in [-0.3, -0.25) is 10.1 Å². The third-order valence-electron chi connectivity index (χ3n) is 4.85. The van der Waals surface area contributed by atoms with E-state index in [-0.39, 0.29) is 18.2 Å². The molecule has 0 aromatic rings. The molecule has 1 heterocycles. The normalized spacial score (nSPS) is 29.4. The predicted octanol–water partition coefficient (Wildman–Crippen LogP) is 2.53. The van der Waals surface area contributed by atoms with Gasteiger partial charge in [-0.25, -0.2) is 0 Å². The van der Waals surface area contributed by atoms with Gasteiger partial charge in [0.15, 0.2) is 0 Å². The molecule has 0 spiro atoms. The molecule has 1 aliphatic carbocycles. The van der Waals surface area contributed by atoms with Crippen molar-refractivity contribution in [3.8, 4) is 0 Å². The molecule has 1 N–H and O–H groups in total. The standard InChI is InChI=1S/C16H30N2O2/c1-4-8-13(11-20-3)18-15(12-9-6-7-10-12)17-14(5-2)16(18)19/h12-15,17H,4-11H2,1-3H3. The molecule has 0 radical (unpaired) electrons. The van der Waals surface area contributed by atoms with E-state index in [0.29, 0.717) is 18.4 Å². The van der Waals surface area contributed by atoms with Crippen LogP contribution in [0.25, 0.3) is 0 Å². The van der Waals surface area contributed by atoms with Gasteiger partial charge >= 0.3 is 0 Å². The molecule has 2 rings (SSSR count). The SMILES string of the molecule is CCCC(COC)N1C(=O)C(CC)NC1C1CCCC1. The lowest BCUT2D eigenvalue weighted by Crippen LogP contribution is -2.49. The van der Waals surface area contributed by atoms with E-state index >= 15 is 0 Å². The second kappa shape index (κ2) is 7.41. The molecule has 3 unspecified atom stereocenters. The first-order chi connectivity index (χ1) is 9.72. The van der Waals surface area contributed by atoms with Crippen LogP contribution in [0.4, 0.5) is 0 Å². The minimum absolute atomic E-state index is 0.0109. The van der Waals surface area contributed by atoms with Crippen molar-refractivity contribution in [1.29, 1.82) is 0 Å². The Labute approximate surface area is 123 Å². The number of methoxy groups -OCH3 is 1. The van der Waals surface area contributed by atoms with E-state index in [2.05, 4.69) is 24.1 Å². The fraction of sp³-hybridized carbons (Fsp3) is 0.938. The van der Waals surface area contributed by atoms with Gasteiger partial charge in [0.2, 0.25) is 5.91 Å². The Hall–Kier alpha value is -0.610. The third kappa shape index (κ3) is 3.17. The molecule has 1 saturated carbocycles. The second-order valence-corrected chi connectivity index (χ2v) is 6.26. The van der Waals surface area contributed by atoms with Crippen molar-refractivity contribution in [2.45, 2.75) is 77.0 Å². The van der Waals surface area contributed by atoms with Crippen molar-refractivity contribution >= 4 is 5.91 Å². The summed E-state index contributed by atoms with van der Waals surface area (Å²) in [7, 11) is 1.73. The van der Waals surface area contributed by atoms with Crippen LogP contribution in [0.2, 0.25) is 0 Å². The fourth-order valence-electron chi connectivity index (χ4n) is 3.84. The van der Waals surface area contributed by atoms with Gasteiger partial charge < -0.3 is 9.64 Å². The second-order valence-electron chi connectivity index (χ2n) is 6.26. The van der Waals surface area contributed by atoms with Gasteiger partial charge in [-0.2, -0.15) is 0 Å². The van der Waals surface area contributed by atoms with Crippen molar-refractivity contribution < 1.29 is 9.53 Å². The number of hydrogen-bond donors (Lipinski definition) is 1. The Morgan fingerprint density at radius 1 is 1.35 bits per heavy atom. The molecule has 0 bridgehead atoms.